The van der Waals surface area contributed by atoms with E-state index in [4.69, 9.17) is 4.74 Å². The van der Waals surface area contributed by atoms with Crippen LogP contribution in [0.15, 0.2) is 23.3 Å². The van der Waals surface area contributed by atoms with E-state index < -0.39 is 0 Å². The Balaban J connectivity index is 1.85. The largest absolute Gasteiger partial charge is 0.481 e. The lowest BCUT2D eigenvalue weighted by Crippen LogP contribution is -2.39. The standard InChI is InChI=1S/C17H28N4O/c1-13(2)9-14-7-8-21(12-14)17(18-3)20-11-15-5-6-16(22-4)19-10-15/h5-6,10,13-14H,7-9,11-12H2,1-4H3,(H,18,20). The smallest absolute Gasteiger partial charge is 0.212 e. The van der Waals surface area contributed by atoms with Crippen LogP contribution < -0.4 is 10.1 Å². The summed E-state index contributed by atoms with van der Waals surface area (Å²) >= 11 is 0. The molecule has 0 amide bonds. The van der Waals surface area contributed by atoms with E-state index >= 15 is 0 Å². The first kappa shape index (κ1) is 16.6. The van der Waals surface area contributed by atoms with Gasteiger partial charge >= 0.3 is 0 Å². The number of hydrogen-bond acceptors (Lipinski definition) is 3. The van der Waals surface area contributed by atoms with Gasteiger partial charge in [0.05, 0.1) is 7.11 Å². The molecule has 5 nitrogen and oxygen atoms in total. The summed E-state index contributed by atoms with van der Waals surface area (Å²) in [6.07, 6.45) is 4.41. The van der Waals surface area contributed by atoms with E-state index in [0.29, 0.717) is 5.88 Å². The van der Waals surface area contributed by atoms with E-state index in [1.165, 1.54) is 12.8 Å². The molecule has 1 aromatic rings. The predicted molar refractivity (Wildman–Crippen MR) is 90.1 cm³/mol. The first-order valence-corrected chi connectivity index (χ1v) is 8.07. The van der Waals surface area contributed by atoms with Crippen LogP contribution >= 0.6 is 0 Å². The Morgan fingerprint density at radius 2 is 2.32 bits per heavy atom. The van der Waals surface area contributed by atoms with E-state index in [1.807, 2.05) is 25.4 Å². The third kappa shape index (κ3) is 4.61. The lowest BCUT2D eigenvalue weighted by Gasteiger charge is -2.22. The highest BCUT2D eigenvalue weighted by molar-refractivity contribution is 5.80. The van der Waals surface area contributed by atoms with Crippen LogP contribution in [0.1, 0.15) is 32.3 Å². The second kappa shape index (κ2) is 8.01. The minimum absolute atomic E-state index is 0.643. The van der Waals surface area contributed by atoms with E-state index in [9.17, 15) is 0 Å². The summed E-state index contributed by atoms with van der Waals surface area (Å²) in [7, 11) is 3.48. The van der Waals surface area contributed by atoms with Gasteiger partial charge in [-0.15, -0.1) is 0 Å². The van der Waals surface area contributed by atoms with E-state index in [1.54, 1.807) is 7.11 Å². The van der Waals surface area contributed by atoms with Crippen LogP contribution in [0.5, 0.6) is 5.88 Å². The highest BCUT2D eigenvalue weighted by Gasteiger charge is 2.25. The van der Waals surface area contributed by atoms with E-state index in [-0.39, 0.29) is 0 Å². The molecule has 1 aliphatic heterocycles. The molecule has 122 valence electrons. The zero-order valence-electron chi connectivity index (χ0n) is 14.2. The molecule has 0 radical (unpaired) electrons. The van der Waals surface area contributed by atoms with Gasteiger partial charge in [0.25, 0.3) is 0 Å². The molecule has 2 heterocycles. The highest BCUT2D eigenvalue weighted by Crippen LogP contribution is 2.23. The Labute approximate surface area is 133 Å². The van der Waals surface area contributed by atoms with E-state index in [0.717, 1.165) is 43.0 Å². The molecule has 1 unspecified atom stereocenters. The summed E-state index contributed by atoms with van der Waals surface area (Å²) in [5, 5.41) is 3.43. The van der Waals surface area contributed by atoms with E-state index in [2.05, 4.69) is 34.0 Å². The van der Waals surface area contributed by atoms with Crippen molar-refractivity contribution in [2.45, 2.75) is 33.2 Å². The maximum Gasteiger partial charge on any atom is 0.212 e. The molecule has 0 aliphatic carbocycles. The number of likely N-dealkylation sites (tertiary alicyclic amines) is 1. The van der Waals surface area contributed by atoms with Gasteiger partial charge in [0.2, 0.25) is 5.88 Å². The van der Waals surface area contributed by atoms with Crippen molar-refractivity contribution < 1.29 is 4.74 Å². The fourth-order valence-corrected chi connectivity index (χ4v) is 3.03. The van der Waals surface area contributed by atoms with Crippen LogP contribution in [0.25, 0.3) is 0 Å². The minimum atomic E-state index is 0.643. The Kier molecular flexibility index (Phi) is 6.04. The number of nitrogens with one attached hydrogen (secondary N) is 1. The first-order chi connectivity index (χ1) is 10.6. The van der Waals surface area contributed by atoms with Crippen molar-refractivity contribution in [2.24, 2.45) is 16.8 Å². The van der Waals surface area contributed by atoms with Crippen molar-refractivity contribution in [3.05, 3.63) is 23.9 Å². The summed E-state index contributed by atoms with van der Waals surface area (Å²) in [4.78, 5) is 11.0. The molecule has 1 N–H and O–H groups in total. The summed E-state index contributed by atoms with van der Waals surface area (Å²) in [5.41, 5.74) is 1.12. The fraction of sp³-hybridized carbons (Fsp3) is 0.647. The second-order valence-electron chi connectivity index (χ2n) is 6.34. The van der Waals surface area contributed by atoms with Crippen molar-refractivity contribution in [1.82, 2.24) is 15.2 Å². The number of nitrogens with zero attached hydrogens (tertiary/aromatic N) is 3. The lowest BCUT2D eigenvalue weighted by atomic mass is 9.97. The summed E-state index contributed by atoms with van der Waals surface area (Å²) in [6.45, 7) is 7.53. The Morgan fingerprint density at radius 1 is 1.50 bits per heavy atom. The highest BCUT2D eigenvalue weighted by atomic mass is 16.5. The molecule has 0 saturated carbocycles. The molecule has 5 heteroatoms. The number of aromatic nitrogens is 1. The summed E-state index contributed by atoms with van der Waals surface area (Å²) in [6, 6.07) is 3.91. The maximum absolute atomic E-state index is 5.08. The Hall–Kier alpha value is -1.78. The number of guanidine groups is 1. The number of rotatable bonds is 5. The molecule has 0 aromatic carbocycles. The van der Waals surface area contributed by atoms with Gasteiger partial charge in [0.1, 0.15) is 0 Å². The monoisotopic (exact) mass is 304 g/mol. The summed E-state index contributed by atoms with van der Waals surface area (Å²) < 4.78 is 5.08. The third-order valence-corrected chi connectivity index (χ3v) is 4.06. The van der Waals surface area contributed by atoms with Gasteiger partial charge in [0, 0.05) is 38.9 Å². The number of pyridine rings is 1. The molecule has 1 atom stereocenters. The average Bonchev–Trinajstić information content (AvgIpc) is 2.96. The van der Waals surface area contributed by atoms with Crippen molar-refractivity contribution in [3.63, 3.8) is 0 Å². The van der Waals surface area contributed by atoms with Crippen molar-refractivity contribution in [3.8, 4) is 5.88 Å². The fourth-order valence-electron chi connectivity index (χ4n) is 3.03. The molecule has 1 saturated heterocycles. The molecule has 1 fully saturated rings. The maximum atomic E-state index is 5.08. The van der Waals surface area contributed by atoms with Crippen LogP contribution in [0, 0.1) is 11.8 Å². The molecule has 1 aromatic heterocycles. The zero-order valence-corrected chi connectivity index (χ0v) is 14.2. The SMILES string of the molecule is CN=C(NCc1ccc(OC)nc1)N1CCC(CC(C)C)C1. The molecular weight excluding hydrogens is 276 g/mol. The van der Waals surface area contributed by atoms with Crippen LogP contribution in [-0.4, -0.2) is 43.1 Å². The van der Waals surface area contributed by atoms with Gasteiger partial charge in [-0.3, -0.25) is 4.99 Å². The minimum Gasteiger partial charge on any atom is -0.481 e. The van der Waals surface area contributed by atoms with Gasteiger partial charge in [-0.2, -0.15) is 0 Å². The van der Waals surface area contributed by atoms with Gasteiger partial charge in [0.15, 0.2) is 5.96 Å². The molecule has 22 heavy (non-hydrogen) atoms. The number of aliphatic imine (C=N–C) groups is 1. The number of hydrogen-bond donors (Lipinski definition) is 1. The molecular formula is C17H28N4O. The number of ether oxygens (including phenoxy) is 1. The van der Waals surface area contributed by atoms with Crippen LogP contribution in [0.2, 0.25) is 0 Å². The van der Waals surface area contributed by atoms with Gasteiger partial charge < -0.3 is 15.0 Å². The number of methoxy groups -OCH3 is 1. The van der Waals surface area contributed by atoms with Crippen LogP contribution in [0.3, 0.4) is 0 Å². The Bertz CT molecular complexity index is 484. The van der Waals surface area contributed by atoms with Crippen LogP contribution in [-0.2, 0) is 6.54 Å². The molecule has 2 rings (SSSR count). The zero-order chi connectivity index (χ0) is 15.9. The predicted octanol–water partition coefficient (Wildman–Crippen LogP) is 2.53. The molecule has 1 aliphatic rings. The van der Waals surface area contributed by atoms with Crippen LogP contribution in [0.4, 0.5) is 0 Å². The quantitative estimate of drug-likeness (QED) is 0.671. The normalized spacial score (nSPS) is 18.9. The lowest BCUT2D eigenvalue weighted by molar-refractivity contribution is 0.397. The van der Waals surface area contributed by atoms with Crippen molar-refractivity contribution in [2.75, 3.05) is 27.2 Å². The van der Waals surface area contributed by atoms with Crippen molar-refractivity contribution in [1.29, 1.82) is 0 Å². The van der Waals surface area contributed by atoms with Crippen molar-refractivity contribution >= 4 is 5.96 Å². The van der Waals surface area contributed by atoms with Gasteiger partial charge in [-0.05, 0) is 30.2 Å². The molecule has 0 spiro atoms. The second-order valence-corrected chi connectivity index (χ2v) is 6.34. The topological polar surface area (TPSA) is 49.8 Å². The average molecular weight is 304 g/mol. The molecule has 0 bridgehead atoms. The third-order valence-electron chi connectivity index (χ3n) is 4.06. The summed E-state index contributed by atoms with van der Waals surface area (Å²) in [5.74, 6) is 3.19. The van der Waals surface area contributed by atoms with Gasteiger partial charge in [-0.25, -0.2) is 4.98 Å². The Morgan fingerprint density at radius 3 is 2.91 bits per heavy atom. The first-order valence-electron chi connectivity index (χ1n) is 8.07. The van der Waals surface area contributed by atoms with Gasteiger partial charge in [-0.1, -0.05) is 19.9 Å².